The minimum atomic E-state index is 0.00715. The van der Waals surface area contributed by atoms with Crippen LogP contribution < -0.4 is 10.5 Å². The number of nitrogens with one attached hydrogen (secondary N) is 1. The smallest absolute Gasteiger partial charge is 0.147 e. The second-order valence-corrected chi connectivity index (χ2v) is 3.56. The number of phenolic OH excluding ortho intramolecular Hbond substituents is 1. The number of phenols is 1. The Balaban J connectivity index is 2.81. The predicted molar refractivity (Wildman–Crippen MR) is 59.4 cm³/mol. The third-order valence-electron chi connectivity index (χ3n) is 2.37. The summed E-state index contributed by atoms with van der Waals surface area (Å²) in [5.74, 6) is 0.444. The fraction of sp³-hybridized carbons (Fsp3) is 0.200. The Labute approximate surface area is 91.6 Å². The number of halogens is 1. The van der Waals surface area contributed by atoms with Crippen LogP contribution in [0.5, 0.6) is 11.5 Å². The van der Waals surface area contributed by atoms with Crippen LogP contribution in [-0.4, -0.2) is 17.2 Å². The SMILES string of the molecule is COc1cc2[nH]cc(CN)c2c(O)c1Cl. The van der Waals surface area contributed by atoms with Gasteiger partial charge in [0, 0.05) is 24.2 Å². The molecular weight excluding hydrogens is 216 g/mol. The summed E-state index contributed by atoms with van der Waals surface area (Å²) in [5.41, 5.74) is 7.13. The van der Waals surface area contributed by atoms with Crippen LogP contribution in [-0.2, 0) is 6.54 Å². The van der Waals surface area contributed by atoms with E-state index in [0.29, 0.717) is 17.7 Å². The average Bonchev–Trinajstić information content (AvgIpc) is 2.66. The van der Waals surface area contributed by atoms with Gasteiger partial charge in [-0.25, -0.2) is 0 Å². The summed E-state index contributed by atoms with van der Waals surface area (Å²) in [6.45, 7) is 0.343. The number of nitrogens with two attached hydrogens (primary N) is 1. The molecule has 0 saturated heterocycles. The Kier molecular flexibility index (Phi) is 2.46. The third kappa shape index (κ3) is 1.42. The summed E-state index contributed by atoms with van der Waals surface area (Å²) >= 11 is 5.93. The Hall–Kier alpha value is -1.39. The van der Waals surface area contributed by atoms with E-state index >= 15 is 0 Å². The zero-order valence-electron chi connectivity index (χ0n) is 8.17. The molecule has 4 nitrogen and oxygen atoms in total. The first kappa shape index (κ1) is 10.1. The highest BCUT2D eigenvalue weighted by Crippen LogP contribution is 2.40. The summed E-state index contributed by atoms with van der Waals surface area (Å²) < 4.78 is 5.03. The van der Waals surface area contributed by atoms with Crippen molar-refractivity contribution in [2.75, 3.05) is 7.11 Å². The number of hydrogen-bond acceptors (Lipinski definition) is 3. The maximum atomic E-state index is 9.88. The molecule has 4 N–H and O–H groups in total. The second-order valence-electron chi connectivity index (χ2n) is 3.18. The van der Waals surface area contributed by atoms with Crippen LogP contribution in [0.15, 0.2) is 12.3 Å². The van der Waals surface area contributed by atoms with Crippen molar-refractivity contribution >= 4 is 22.5 Å². The number of H-pyrrole nitrogens is 1. The lowest BCUT2D eigenvalue weighted by Crippen LogP contribution is -1.94. The van der Waals surface area contributed by atoms with Crippen LogP contribution in [0, 0.1) is 0 Å². The molecule has 0 radical (unpaired) electrons. The zero-order chi connectivity index (χ0) is 11.0. The number of methoxy groups -OCH3 is 1. The van der Waals surface area contributed by atoms with E-state index in [9.17, 15) is 5.11 Å². The molecule has 0 amide bonds. The van der Waals surface area contributed by atoms with E-state index in [1.165, 1.54) is 7.11 Å². The first-order valence-electron chi connectivity index (χ1n) is 4.44. The topological polar surface area (TPSA) is 71.3 Å². The molecule has 1 aromatic heterocycles. The van der Waals surface area contributed by atoms with Crippen molar-refractivity contribution in [2.45, 2.75) is 6.54 Å². The normalized spacial score (nSPS) is 10.9. The Morgan fingerprint density at radius 1 is 1.60 bits per heavy atom. The molecule has 15 heavy (non-hydrogen) atoms. The van der Waals surface area contributed by atoms with Gasteiger partial charge in [-0.2, -0.15) is 0 Å². The Morgan fingerprint density at radius 3 is 2.93 bits per heavy atom. The van der Waals surface area contributed by atoms with Gasteiger partial charge in [-0.1, -0.05) is 11.6 Å². The average molecular weight is 227 g/mol. The summed E-state index contributed by atoms with van der Waals surface area (Å²) in [5, 5.41) is 10.7. The summed E-state index contributed by atoms with van der Waals surface area (Å²) in [6, 6.07) is 1.73. The number of hydrogen-bond donors (Lipinski definition) is 3. The van der Waals surface area contributed by atoms with Crippen molar-refractivity contribution in [3.63, 3.8) is 0 Å². The van der Waals surface area contributed by atoms with Crippen molar-refractivity contribution in [1.82, 2.24) is 4.98 Å². The molecule has 0 saturated carbocycles. The van der Waals surface area contributed by atoms with E-state index in [-0.39, 0.29) is 10.8 Å². The van der Waals surface area contributed by atoms with Crippen LogP contribution in [0.1, 0.15) is 5.56 Å². The lowest BCUT2D eigenvalue weighted by Gasteiger charge is -2.06. The zero-order valence-corrected chi connectivity index (χ0v) is 8.93. The summed E-state index contributed by atoms with van der Waals surface area (Å²) in [7, 11) is 1.50. The molecule has 0 bridgehead atoms. The molecule has 0 unspecified atom stereocenters. The molecule has 0 atom stereocenters. The molecular formula is C10H11ClN2O2. The maximum absolute atomic E-state index is 9.88. The summed E-state index contributed by atoms with van der Waals surface area (Å²) in [4.78, 5) is 3.00. The molecule has 2 aromatic rings. The Bertz CT molecular complexity index is 508. The minimum Gasteiger partial charge on any atom is -0.506 e. The molecule has 0 aliphatic rings. The molecule has 0 aliphatic heterocycles. The monoisotopic (exact) mass is 226 g/mol. The fourth-order valence-corrected chi connectivity index (χ4v) is 1.83. The molecule has 2 rings (SSSR count). The van der Waals surface area contributed by atoms with Crippen LogP contribution in [0.3, 0.4) is 0 Å². The lowest BCUT2D eigenvalue weighted by molar-refractivity contribution is 0.409. The molecule has 5 heteroatoms. The highest BCUT2D eigenvalue weighted by molar-refractivity contribution is 6.34. The first-order chi connectivity index (χ1) is 7.19. The van der Waals surface area contributed by atoms with Gasteiger partial charge in [0.25, 0.3) is 0 Å². The van der Waals surface area contributed by atoms with Crippen LogP contribution in [0.4, 0.5) is 0 Å². The summed E-state index contributed by atoms with van der Waals surface area (Å²) in [6.07, 6.45) is 1.75. The van der Waals surface area contributed by atoms with Gasteiger partial charge in [0.1, 0.15) is 16.5 Å². The van der Waals surface area contributed by atoms with E-state index in [1.807, 2.05) is 0 Å². The fourth-order valence-electron chi connectivity index (χ4n) is 1.61. The molecule has 1 heterocycles. The van der Waals surface area contributed by atoms with Crippen LogP contribution in [0.2, 0.25) is 5.02 Å². The molecule has 0 aliphatic carbocycles. The van der Waals surface area contributed by atoms with Crippen LogP contribution >= 0.6 is 11.6 Å². The number of rotatable bonds is 2. The highest BCUT2D eigenvalue weighted by atomic mass is 35.5. The van der Waals surface area contributed by atoms with Gasteiger partial charge >= 0.3 is 0 Å². The molecule has 0 spiro atoms. The standard InChI is InChI=1S/C10H11ClN2O2/c1-15-7-2-6-8(10(14)9(7)11)5(3-12)4-13-6/h2,4,13-14H,3,12H2,1H3. The predicted octanol–water partition coefficient (Wildman–Crippen LogP) is 1.99. The number of fused-ring (bicyclic) bond motifs is 1. The maximum Gasteiger partial charge on any atom is 0.147 e. The van der Waals surface area contributed by atoms with Crippen molar-refractivity contribution in [3.05, 3.63) is 22.8 Å². The van der Waals surface area contributed by atoms with Gasteiger partial charge in [0.2, 0.25) is 0 Å². The van der Waals surface area contributed by atoms with Gasteiger partial charge in [0.05, 0.1) is 12.6 Å². The van der Waals surface area contributed by atoms with E-state index < -0.39 is 0 Å². The first-order valence-corrected chi connectivity index (χ1v) is 4.82. The van der Waals surface area contributed by atoms with Crippen LogP contribution in [0.25, 0.3) is 10.9 Å². The second kappa shape index (κ2) is 3.64. The molecule has 0 fully saturated rings. The quantitative estimate of drug-likeness (QED) is 0.734. The highest BCUT2D eigenvalue weighted by Gasteiger charge is 2.15. The number of benzene rings is 1. The van der Waals surface area contributed by atoms with Crippen molar-refractivity contribution in [1.29, 1.82) is 0 Å². The lowest BCUT2D eigenvalue weighted by atomic mass is 10.1. The van der Waals surface area contributed by atoms with Gasteiger partial charge < -0.3 is 20.6 Å². The largest absolute Gasteiger partial charge is 0.506 e. The number of aromatic amines is 1. The van der Waals surface area contributed by atoms with E-state index in [0.717, 1.165) is 11.1 Å². The minimum absolute atomic E-state index is 0.00715. The van der Waals surface area contributed by atoms with Gasteiger partial charge in [0.15, 0.2) is 0 Å². The van der Waals surface area contributed by atoms with Crippen molar-refractivity contribution < 1.29 is 9.84 Å². The number of aromatic nitrogens is 1. The molecule has 80 valence electrons. The molecule has 1 aromatic carbocycles. The van der Waals surface area contributed by atoms with Gasteiger partial charge in [-0.15, -0.1) is 0 Å². The Morgan fingerprint density at radius 2 is 2.33 bits per heavy atom. The van der Waals surface area contributed by atoms with Gasteiger partial charge in [-0.05, 0) is 5.56 Å². The van der Waals surface area contributed by atoms with Gasteiger partial charge in [-0.3, -0.25) is 0 Å². The van der Waals surface area contributed by atoms with Crippen molar-refractivity contribution in [2.24, 2.45) is 5.73 Å². The number of aromatic hydroxyl groups is 1. The number of ether oxygens (including phenoxy) is 1. The van der Waals surface area contributed by atoms with E-state index in [1.54, 1.807) is 12.3 Å². The van der Waals surface area contributed by atoms with E-state index in [4.69, 9.17) is 22.1 Å². The van der Waals surface area contributed by atoms with Crippen molar-refractivity contribution in [3.8, 4) is 11.5 Å². The van der Waals surface area contributed by atoms with E-state index in [2.05, 4.69) is 4.98 Å². The third-order valence-corrected chi connectivity index (χ3v) is 2.73.